The first-order chi connectivity index (χ1) is 11.3. The fourth-order valence-electron chi connectivity index (χ4n) is 3.14. The number of aromatic nitrogens is 1. The molecular weight excluding hydrogens is 308 g/mol. The van der Waals surface area contributed by atoms with Crippen molar-refractivity contribution in [2.75, 3.05) is 38.5 Å². The van der Waals surface area contributed by atoms with Gasteiger partial charge >= 0.3 is 0 Å². The average Bonchev–Trinajstić information content (AvgIpc) is 2.93. The Morgan fingerprint density at radius 3 is 2.71 bits per heavy atom. The van der Waals surface area contributed by atoms with Gasteiger partial charge in [0, 0.05) is 19.2 Å². The number of likely N-dealkylation sites (tertiary alicyclic amines) is 1. The highest BCUT2D eigenvalue weighted by molar-refractivity contribution is 5.93. The third kappa shape index (κ3) is 5.58. The van der Waals surface area contributed by atoms with Gasteiger partial charge in [-0.15, -0.1) is 0 Å². The number of nitrogens with one attached hydrogen (secondary N) is 1. The number of aryl methyl sites for hydroxylation is 1. The van der Waals surface area contributed by atoms with Crippen LogP contribution in [0.25, 0.3) is 0 Å². The molecule has 2 N–H and O–H groups in total. The van der Waals surface area contributed by atoms with E-state index in [1.54, 1.807) is 6.07 Å². The molecule has 0 bridgehead atoms. The van der Waals surface area contributed by atoms with Crippen molar-refractivity contribution in [3.63, 3.8) is 0 Å². The van der Waals surface area contributed by atoms with Crippen molar-refractivity contribution in [2.24, 2.45) is 5.92 Å². The summed E-state index contributed by atoms with van der Waals surface area (Å²) in [6.45, 7) is 9.23. The van der Waals surface area contributed by atoms with Gasteiger partial charge in [-0.1, -0.05) is 5.16 Å². The maximum atomic E-state index is 12.3. The van der Waals surface area contributed by atoms with Crippen LogP contribution >= 0.6 is 0 Å². The lowest BCUT2D eigenvalue weighted by atomic mass is 9.95. The molecule has 2 rings (SSSR count). The first kappa shape index (κ1) is 18.9. The number of piperidine rings is 1. The quantitative estimate of drug-likeness (QED) is 0.781. The molecule has 1 fully saturated rings. The van der Waals surface area contributed by atoms with Crippen LogP contribution in [-0.2, 0) is 4.79 Å². The van der Waals surface area contributed by atoms with Gasteiger partial charge in [-0.05, 0) is 59.7 Å². The molecule has 1 aliphatic heterocycles. The number of anilines is 1. The second-order valence-electron chi connectivity index (χ2n) is 7.03. The van der Waals surface area contributed by atoms with E-state index in [2.05, 4.69) is 20.3 Å². The summed E-state index contributed by atoms with van der Waals surface area (Å²) in [5.41, 5.74) is 0.746. The van der Waals surface area contributed by atoms with Gasteiger partial charge in [-0.2, -0.15) is 0 Å². The zero-order valence-corrected chi connectivity index (χ0v) is 15.2. The Kier molecular flexibility index (Phi) is 6.77. The lowest BCUT2D eigenvalue weighted by Crippen LogP contribution is -2.45. The van der Waals surface area contributed by atoms with Gasteiger partial charge in [0.05, 0.1) is 17.8 Å². The van der Waals surface area contributed by atoms with Gasteiger partial charge < -0.3 is 14.5 Å². The van der Waals surface area contributed by atoms with Crippen LogP contribution in [0.15, 0.2) is 10.6 Å². The lowest BCUT2D eigenvalue weighted by Gasteiger charge is -2.35. The number of hydrogen-bond donors (Lipinski definition) is 2. The number of likely N-dealkylation sites (N-methyl/N-ethyl adjacent to an activating group) is 1. The molecule has 0 radical (unpaired) electrons. The summed E-state index contributed by atoms with van der Waals surface area (Å²) < 4.78 is 5.03. The van der Waals surface area contributed by atoms with E-state index in [1.807, 2.05) is 27.8 Å². The molecule has 1 aromatic rings. The van der Waals surface area contributed by atoms with Crippen LogP contribution in [0.3, 0.4) is 0 Å². The standard InChI is InChI=1S/C17H30N4O3/c1-12-9-16(24-19-12)18-17(23)14(3)20(4)11-15-5-7-21(8-6-15)10-13(2)22/h9,13-15,22H,5-8,10-11H2,1-4H3,(H,18,23)/t13-,14+/m0/s1. The number of nitrogens with zero attached hydrogens (tertiary/aromatic N) is 3. The zero-order chi connectivity index (χ0) is 17.7. The SMILES string of the molecule is Cc1cc(NC(=O)[C@@H](C)N(C)CC2CCN(C[C@H](C)O)CC2)on1. The largest absolute Gasteiger partial charge is 0.392 e. The van der Waals surface area contributed by atoms with Crippen LogP contribution in [0.2, 0.25) is 0 Å². The molecule has 0 aromatic carbocycles. The Balaban J connectivity index is 1.75. The maximum absolute atomic E-state index is 12.3. The highest BCUT2D eigenvalue weighted by atomic mass is 16.5. The van der Waals surface area contributed by atoms with Crippen molar-refractivity contribution < 1.29 is 14.4 Å². The summed E-state index contributed by atoms with van der Waals surface area (Å²) in [4.78, 5) is 16.7. The van der Waals surface area contributed by atoms with Crippen LogP contribution in [0.1, 0.15) is 32.4 Å². The third-order valence-electron chi connectivity index (χ3n) is 4.69. The van der Waals surface area contributed by atoms with Gasteiger partial charge in [0.15, 0.2) is 0 Å². The predicted octanol–water partition coefficient (Wildman–Crippen LogP) is 1.33. The lowest BCUT2D eigenvalue weighted by molar-refractivity contribution is -0.120. The number of β-amino-alcohol motifs (C(OH)–C–C–N with tert-alkyl or cyclic N) is 1. The molecule has 0 spiro atoms. The van der Waals surface area contributed by atoms with Gasteiger partial charge in [-0.3, -0.25) is 15.0 Å². The first-order valence-corrected chi connectivity index (χ1v) is 8.70. The van der Waals surface area contributed by atoms with Crippen molar-refractivity contribution in [3.05, 3.63) is 11.8 Å². The predicted molar refractivity (Wildman–Crippen MR) is 92.8 cm³/mol. The molecule has 1 aliphatic rings. The molecule has 0 aliphatic carbocycles. The number of rotatable bonds is 7. The van der Waals surface area contributed by atoms with E-state index in [4.69, 9.17) is 4.52 Å². The number of aliphatic hydroxyl groups excluding tert-OH is 1. The minimum absolute atomic E-state index is 0.0832. The van der Waals surface area contributed by atoms with Crippen LogP contribution in [0, 0.1) is 12.8 Å². The van der Waals surface area contributed by atoms with E-state index in [1.165, 1.54) is 0 Å². The summed E-state index contributed by atoms with van der Waals surface area (Å²) in [6, 6.07) is 1.48. The number of amides is 1. The minimum atomic E-state index is -0.271. The fraction of sp³-hybridized carbons (Fsp3) is 0.765. The summed E-state index contributed by atoms with van der Waals surface area (Å²) in [5.74, 6) is 0.896. The Labute approximate surface area is 144 Å². The maximum Gasteiger partial charge on any atom is 0.243 e. The minimum Gasteiger partial charge on any atom is -0.392 e. The molecule has 2 heterocycles. The monoisotopic (exact) mass is 338 g/mol. The summed E-state index contributed by atoms with van der Waals surface area (Å²) in [5, 5.41) is 16.0. The molecule has 0 unspecified atom stereocenters. The van der Waals surface area contributed by atoms with Gasteiger partial charge in [0.2, 0.25) is 11.8 Å². The third-order valence-corrected chi connectivity index (χ3v) is 4.69. The smallest absolute Gasteiger partial charge is 0.243 e. The van der Waals surface area contributed by atoms with Gasteiger partial charge in [0.1, 0.15) is 0 Å². The second kappa shape index (κ2) is 8.60. The Hall–Kier alpha value is -1.44. The summed E-state index contributed by atoms with van der Waals surface area (Å²) in [7, 11) is 1.98. The molecule has 1 amide bonds. The molecule has 136 valence electrons. The summed E-state index contributed by atoms with van der Waals surface area (Å²) in [6.07, 6.45) is 1.94. The Morgan fingerprint density at radius 2 is 2.17 bits per heavy atom. The van der Waals surface area contributed by atoms with Gasteiger partial charge in [0.25, 0.3) is 0 Å². The van der Waals surface area contributed by atoms with Crippen molar-refractivity contribution in [3.8, 4) is 0 Å². The normalized spacial score (nSPS) is 19.4. The number of aliphatic hydroxyl groups is 1. The number of hydrogen-bond acceptors (Lipinski definition) is 6. The van der Waals surface area contributed by atoms with Crippen LogP contribution in [-0.4, -0.2) is 71.3 Å². The van der Waals surface area contributed by atoms with Crippen LogP contribution in [0.5, 0.6) is 0 Å². The molecule has 7 nitrogen and oxygen atoms in total. The Morgan fingerprint density at radius 1 is 1.50 bits per heavy atom. The highest BCUT2D eigenvalue weighted by Gasteiger charge is 2.25. The molecule has 2 atom stereocenters. The Bertz CT molecular complexity index is 524. The van der Waals surface area contributed by atoms with E-state index < -0.39 is 0 Å². The highest BCUT2D eigenvalue weighted by Crippen LogP contribution is 2.19. The zero-order valence-electron chi connectivity index (χ0n) is 15.2. The summed E-state index contributed by atoms with van der Waals surface area (Å²) >= 11 is 0. The molecule has 1 aromatic heterocycles. The van der Waals surface area contributed by atoms with E-state index >= 15 is 0 Å². The first-order valence-electron chi connectivity index (χ1n) is 8.70. The van der Waals surface area contributed by atoms with E-state index in [9.17, 15) is 9.90 Å². The van der Waals surface area contributed by atoms with Gasteiger partial charge in [-0.25, -0.2) is 0 Å². The average molecular weight is 338 g/mol. The molecule has 1 saturated heterocycles. The molecule has 24 heavy (non-hydrogen) atoms. The van der Waals surface area contributed by atoms with E-state index in [0.29, 0.717) is 11.8 Å². The fourth-order valence-corrected chi connectivity index (χ4v) is 3.14. The van der Waals surface area contributed by atoms with Crippen molar-refractivity contribution in [2.45, 2.75) is 45.8 Å². The molecule has 0 saturated carbocycles. The second-order valence-corrected chi connectivity index (χ2v) is 7.03. The van der Waals surface area contributed by atoms with Crippen LogP contribution < -0.4 is 5.32 Å². The number of carbonyl (C=O) groups is 1. The van der Waals surface area contributed by atoms with Crippen molar-refractivity contribution in [1.82, 2.24) is 15.0 Å². The van der Waals surface area contributed by atoms with E-state index in [-0.39, 0.29) is 18.1 Å². The topological polar surface area (TPSA) is 81.8 Å². The molecule has 7 heteroatoms. The molecular formula is C17H30N4O3. The van der Waals surface area contributed by atoms with Crippen molar-refractivity contribution in [1.29, 1.82) is 0 Å². The number of carbonyl (C=O) groups excluding carboxylic acids is 1. The van der Waals surface area contributed by atoms with Crippen LogP contribution in [0.4, 0.5) is 5.88 Å². The van der Waals surface area contributed by atoms with Crippen molar-refractivity contribution >= 4 is 11.8 Å². The van der Waals surface area contributed by atoms with E-state index in [0.717, 1.165) is 44.7 Å².